The van der Waals surface area contributed by atoms with Gasteiger partial charge in [0.25, 0.3) is 0 Å². The first-order valence-electron chi connectivity index (χ1n) is 18.2. The maximum absolute atomic E-state index is 6.73. The van der Waals surface area contributed by atoms with Gasteiger partial charge in [-0.05, 0) is 90.3 Å². The van der Waals surface area contributed by atoms with Crippen molar-refractivity contribution >= 4 is 55.6 Å². The van der Waals surface area contributed by atoms with E-state index in [1.165, 1.54) is 28.0 Å². The summed E-state index contributed by atoms with van der Waals surface area (Å²) in [5.74, 6) is 2.80. The van der Waals surface area contributed by atoms with E-state index in [1.807, 2.05) is 12.3 Å². The van der Waals surface area contributed by atoms with Gasteiger partial charge in [-0.1, -0.05) is 86.6 Å². The maximum Gasteiger partial charge on any atom is 0.137 e. The molecular formula is C47H37N5O. The Morgan fingerprint density at radius 2 is 1.13 bits per heavy atom. The molecule has 0 atom stereocenters. The summed E-state index contributed by atoms with van der Waals surface area (Å²) in [6, 6.07) is 57.6. The number of rotatable bonds is 7. The first-order chi connectivity index (χ1) is 26.1. The van der Waals surface area contributed by atoms with Crippen molar-refractivity contribution in [3.63, 3.8) is 0 Å². The Bertz CT molecular complexity index is 2780. The highest BCUT2D eigenvalue weighted by molar-refractivity contribution is 6.20. The Kier molecular flexibility index (Phi) is 7.29. The molecule has 0 saturated carbocycles. The van der Waals surface area contributed by atoms with Crippen molar-refractivity contribution in [3.8, 4) is 23.0 Å². The zero-order valence-electron chi connectivity index (χ0n) is 29.6. The van der Waals surface area contributed by atoms with Crippen LogP contribution in [-0.2, 0) is 0 Å². The minimum atomic E-state index is 0.369. The van der Waals surface area contributed by atoms with Gasteiger partial charge in [0.15, 0.2) is 0 Å². The van der Waals surface area contributed by atoms with Crippen LogP contribution in [0.15, 0.2) is 170 Å². The second-order valence-corrected chi connectivity index (χ2v) is 13.9. The summed E-state index contributed by atoms with van der Waals surface area (Å²) in [7, 11) is 0. The largest absolute Gasteiger partial charge is 0.457 e. The van der Waals surface area contributed by atoms with Gasteiger partial charge in [0.2, 0.25) is 0 Å². The fourth-order valence-corrected chi connectivity index (χ4v) is 7.89. The standard InChI is InChI=1S/C47H37N5O/c1-32(2)33-26-27-48-45(28-33)52-44-30-38(24-25-40(44)46-47(52)39-20-9-10-21-41(39)51(46)35-16-7-4-8-17-35)53-37-19-13-18-36(29-37)50-31-49(34-14-5-3-6-15-34)42-22-11-12-23-43(42)50/h3-30,32H,31H2,1-2H3. The Morgan fingerprint density at radius 3 is 1.91 bits per heavy atom. The quantitative estimate of drug-likeness (QED) is 0.167. The topological polar surface area (TPSA) is 38.5 Å². The molecule has 3 aromatic heterocycles. The van der Waals surface area contributed by atoms with E-state index >= 15 is 0 Å². The number of nitrogens with zero attached hydrogens (tertiary/aromatic N) is 5. The zero-order valence-corrected chi connectivity index (χ0v) is 29.6. The molecule has 0 amide bonds. The molecule has 0 bridgehead atoms. The highest BCUT2D eigenvalue weighted by Crippen LogP contribution is 2.45. The number of ether oxygens (including phenoxy) is 1. The van der Waals surface area contributed by atoms with Crippen molar-refractivity contribution < 1.29 is 4.74 Å². The molecule has 1 aliphatic rings. The molecule has 6 nitrogen and oxygen atoms in total. The van der Waals surface area contributed by atoms with Crippen LogP contribution in [0.5, 0.6) is 11.5 Å². The molecule has 1 aliphatic heterocycles. The van der Waals surface area contributed by atoms with E-state index in [1.54, 1.807) is 0 Å². The number of aromatic nitrogens is 3. The van der Waals surface area contributed by atoms with E-state index < -0.39 is 0 Å². The van der Waals surface area contributed by atoms with Gasteiger partial charge in [-0.2, -0.15) is 0 Å². The van der Waals surface area contributed by atoms with E-state index in [-0.39, 0.29) is 0 Å². The highest BCUT2D eigenvalue weighted by atomic mass is 16.5. The van der Waals surface area contributed by atoms with Gasteiger partial charge in [0.1, 0.15) is 24.0 Å². The summed E-state index contributed by atoms with van der Waals surface area (Å²) in [4.78, 5) is 9.67. The van der Waals surface area contributed by atoms with Crippen molar-refractivity contribution in [1.82, 2.24) is 14.1 Å². The second kappa shape index (κ2) is 12.5. The molecule has 0 spiro atoms. The molecule has 6 heteroatoms. The smallest absolute Gasteiger partial charge is 0.137 e. The average Bonchev–Trinajstić information content (AvgIpc) is 3.86. The third-order valence-electron chi connectivity index (χ3n) is 10.4. The van der Waals surface area contributed by atoms with Gasteiger partial charge < -0.3 is 19.1 Å². The lowest BCUT2D eigenvalue weighted by Crippen LogP contribution is -2.23. The number of pyridine rings is 1. The van der Waals surface area contributed by atoms with Crippen LogP contribution in [0, 0.1) is 0 Å². The van der Waals surface area contributed by atoms with Gasteiger partial charge in [-0.3, -0.25) is 4.57 Å². The molecule has 0 aliphatic carbocycles. The lowest BCUT2D eigenvalue weighted by Gasteiger charge is -2.22. The van der Waals surface area contributed by atoms with Gasteiger partial charge in [0.05, 0.1) is 33.4 Å². The molecule has 0 N–H and O–H groups in total. The molecule has 256 valence electrons. The number of fused-ring (bicyclic) bond motifs is 6. The van der Waals surface area contributed by atoms with Crippen molar-refractivity contribution in [2.75, 3.05) is 16.5 Å². The summed E-state index contributed by atoms with van der Waals surface area (Å²) in [5, 5.41) is 2.30. The van der Waals surface area contributed by atoms with Crippen molar-refractivity contribution in [2.24, 2.45) is 0 Å². The third-order valence-corrected chi connectivity index (χ3v) is 10.4. The fourth-order valence-electron chi connectivity index (χ4n) is 7.89. The van der Waals surface area contributed by atoms with Crippen LogP contribution in [0.3, 0.4) is 0 Å². The van der Waals surface area contributed by atoms with Crippen LogP contribution in [0.2, 0.25) is 0 Å². The summed E-state index contributed by atoms with van der Waals surface area (Å²) in [5.41, 5.74) is 11.4. The van der Waals surface area contributed by atoms with E-state index in [9.17, 15) is 0 Å². The number of para-hydroxylation sites is 5. The van der Waals surface area contributed by atoms with Crippen LogP contribution in [-0.4, -0.2) is 20.8 Å². The summed E-state index contributed by atoms with van der Waals surface area (Å²) < 4.78 is 11.4. The summed E-state index contributed by atoms with van der Waals surface area (Å²) in [6.45, 7) is 5.16. The maximum atomic E-state index is 6.73. The van der Waals surface area contributed by atoms with Crippen molar-refractivity contribution in [2.45, 2.75) is 19.8 Å². The lowest BCUT2D eigenvalue weighted by molar-refractivity contribution is 0.483. The number of benzene rings is 6. The minimum Gasteiger partial charge on any atom is -0.457 e. The number of hydrogen-bond donors (Lipinski definition) is 0. The molecular weight excluding hydrogens is 651 g/mol. The molecule has 0 fully saturated rings. The Labute approximate surface area is 308 Å². The average molecular weight is 688 g/mol. The minimum absolute atomic E-state index is 0.369. The molecule has 10 rings (SSSR count). The molecule has 9 aromatic rings. The Balaban J connectivity index is 1.11. The van der Waals surface area contributed by atoms with Crippen LogP contribution in [0.1, 0.15) is 25.3 Å². The van der Waals surface area contributed by atoms with Crippen LogP contribution < -0.4 is 14.5 Å². The summed E-state index contributed by atoms with van der Waals surface area (Å²) >= 11 is 0. The summed E-state index contributed by atoms with van der Waals surface area (Å²) in [6.07, 6.45) is 1.93. The van der Waals surface area contributed by atoms with E-state index in [0.717, 1.165) is 56.1 Å². The van der Waals surface area contributed by atoms with Gasteiger partial charge in [0, 0.05) is 46.2 Å². The lowest BCUT2D eigenvalue weighted by atomic mass is 10.1. The third kappa shape index (κ3) is 5.14. The number of anilines is 4. The van der Waals surface area contributed by atoms with Crippen LogP contribution >= 0.6 is 0 Å². The predicted molar refractivity (Wildman–Crippen MR) is 218 cm³/mol. The Hall–Kier alpha value is -6.79. The van der Waals surface area contributed by atoms with E-state index in [2.05, 4.69) is 191 Å². The van der Waals surface area contributed by atoms with Crippen molar-refractivity contribution in [1.29, 1.82) is 0 Å². The molecule has 6 aromatic carbocycles. The molecule has 0 radical (unpaired) electrons. The van der Waals surface area contributed by atoms with Gasteiger partial charge >= 0.3 is 0 Å². The van der Waals surface area contributed by atoms with Gasteiger partial charge in [-0.25, -0.2) is 4.98 Å². The Morgan fingerprint density at radius 1 is 0.509 bits per heavy atom. The van der Waals surface area contributed by atoms with Crippen LogP contribution in [0.25, 0.3) is 44.3 Å². The number of hydrogen-bond acceptors (Lipinski definition) is 4. The highest BCUT2D eigenvalue weighted by Gasteiger charge is 2.28. The van der Waals surface area contributed by atoms with Crippen LogP contribution in [0.4, 0.5) is 22.7 Å². The normalized spacial score (nSPS) is 12.7. The fraction of sp³-hybridized carbons (Fsp3) is 0.0851. The second-order valence-electron chi connectivity index (χ2n) is 13.9. The molecule has 4 heterocycles. The van der Waals surface area contributed by atoms with E-state index in [4.69, 9.17) is 9.72 Å². The molecule has 53 heavy (non-hydrogen) atoms. The van der Waals surface area contributed by atoms with Gasteiger partial charge in [-0.15, -0.1) is 0 Å². The first-order valence-corrected chi connectivity index (χ1v) is 18.2. The predicted octanol–water partition coefficient (Wildman–Crippen LogP) is 12.3. The SMILES string of the molecule is CC(C)c1ccnc(-n2c3cc(Oc4cccc(N5CN(c6ccccc6)c6ccccc65)c4)ccc3c3c2c2ccccc2n3-c2ccccc2)c1. The molecule has 0 saturated heterocycles. The zero-order chi connectivity index (χ0) is 35.5. The monoisotopic (exact) mass is 687 g/mol. The van der Waals surface area contributed by atoms with E-state index in [0.29, 0.717) is 12.6 Å². The van der Waals surface area contributed by atoms with Crippen molar-refractivity contribution in [3.05, 3.63) is 176 Å². The molecule has 0 unspecified atom stereocenters. The first kappa shape index (κ1) is 31.0.